The smallest absolute Gasteiger partial charge is 0.303 e. The number of carboxylic acid groups (broad SMARTS) is 1. The number of hydrogen-bond donors (Lipinski definition) is 1. The van der Waals surface area contributed by atoms with Crippen molar-refractivity contribution in [1.29, 1.82) is 0 Å². The lowest BCUT2D eigenvalue weighted by Crippen LogP contribution is -2.39. The zero-order valence-corrected chi connectivity index (χ0v) is 12.0. The summed E-state index contributed by atoms with van der Waals surface area (Å²) in [6.45, 7) is 1.31. The summed E-state index contributed by atoms with van der Waals surface area (Å²) in [5.74, 6) is -0.455. The Labute approximate surface area is 123 Å². The molecule has 0 saturated carbocycles. The molecule has 0 radical (unpaired) electrons. The molecular formula is C15H18ClNO3. The summed E-state index contributed by atoms with van der Waals surface area (Å²) in [4.78, 5) is 24.6. The maximum atomic E-state index is 12.2. The number of carbonyl (C=O) groups is 2. The summed E-state index contributed by atoms with van der Waals surface area (Å²) in [5.41, 5.74) is 0.951. The molecule has 1 saturated heterocycles. The lowest BCUT2D eigenvalue weighted by molar-refractivity contribution is -0.138. The number of nitrogens with zero attached hydrogens (tertiary/aromatic N) is 1. The van der Waals surface area contributed by atoms with Crippen molar-refractivity contribution in [2.45, 2.75) is 25.7 Å². The standard InChI is InChI=1S/C15H18ClNO3/c16-13-3-1-11(2-4-13)9-14(18)17-7-5-12(6-8-17)10-15(19)20/h1-4,12H,5-10H2,(H,19,20). The highest BCUT2D eigenvalue weighted by Gasteiger charge is 2.24. The van der Waals surface area contributed by atoms with Crippen molar-refractivity contribution in [3.8, 4) is 0 Å². The highest BCUT2D eigenvalue weighted by Crippen LogP contribution is 2.21. The molecule has 1 fully saturated rings. The number of benzene rings is 1. The molecule has 0 unspecified atom stereocenters. The minimum atomic E-state index is -0.754. The molecule has 0 spiro atoms. The average molecular weight is 296 g/mol. The van der Waals surface area contributed by atoms with E-state index in [-0.39, 0.29) is 18.2 Å². The first-order valence-corrected chi connectivity index (χ1v) is 7.16. The predicted molar refractivity (Wildman–Crippen MR) is 76.7 cm³/mol. The number of aliphatic carboxylic acids is 1. The second-order valence-electron chi connectivity index (χ2n) is 5.23. The van der Waals surface area contributed by atoms with E-state index in [0.717, 1.165) is 18.4 Å². The zero-order valence-electron chi connectivity index (χ0n) is 11.2. The fourth-order valence-corrected chi connectivity index (χ4v) is 2.65. The van der Waals surface area contributed by atoms with Gasteiger partial charge in [0.25, 0.3) is 0 Å². The minimum absolute atomic E-state index is 0.0982. The van der Waals surface area contributed by atoms with Gasteiger partial charge in [-0.2, -0.15) is 0 Å². The molecule has 1 aliphatic rings. The van der Waals surface area contributed by atoms with Crippen LogP contribution < -0.4 is 0 Å². The van der Waals surface area contributed by atoms with Crippen LogP contribution >= 0.6 is 11.6 Å². The third kappa shape index (κ3) is 4.23. The topological polar surface area (TPSA) is 57.6 Å². The van der Waals surface area contributed by atoms with Crippen LogP contribution in [0.4, 0.5) is 0 Å². The number of carboxylic acids is 1. The first-order valence-electron chi connectivity index (χ1n) is 6.78. The van der Waals surface area contributed by atoms with Crippen molar-refractivity contribution in [2.24, 2.45) is 5.92 Å². The van der Waals surface area contributed by atoms with Gasteiger partial charge in [-0.1, -0.05) is 23.7 Å². The largest absolute Gasteiger partial charge is 0.481 e. The number of likely N-dealkylation sites (tertiary alicyclic amines) is 1. The van der Waals surface area contributed by atoms with Crippen LogP contribution in [0.5, 0.6) is 0 Å². The van der Waals surface area contributed by atoms with E-state index in [1.54, 1.807) is 12.1 Å². The summed E-state index contributed by atoms with van der Waals surface area (Å²) < 4.78 is 0. The van der Waals surface area contributed by atoms with Gasteiger partial charge in [0.05, 0.1) is 6.42 Å². The van der Waals surface area contributed by atoms with E-state index in [0.29, 0.717) is 24.5 Å². The molecular weight excluding hydrogens is 278 g/mol. The molecule has 1 aromatic carbocycles. The van der Waals surface area contributed by atoms with Gasteiger partial charge >= 0.3 is 5.97 Å². The number of amides is 1. The summed E-state index contributed by atoms with van der Waals surface area (Å²) >= 11 is 5.81. The van der Waals surface area contributed by atoms with E-state index >= 15 is 0 Å². The highest BCUT2D eigenvalue weighted by molar-refractivity contribution is 6.30. The van der Waals surface area contributed by atoms with Gasteiger partial charge in [-0.05, 0) is 36.5 Å². The predicted octanol–water partition coefficient (Wildman–Crippen LogP) is 2.60. The molecule has 1 aromatic rings. The normalized spacial score (nSPS) is 16.1. The van der Waals surface area contributed by atoms with Crippen LogP contribution in [0.2, 0.25) is 5.02 Å². The van der Waals surface area contributed by atoms with Crippen molar-refractivity contribution in [3.05, 3.63) is 34.9 Å². The van der Waals surface area contributed by atoms with Crippen molar-refractivity contribution in [1.82, 2.24) is 4.90 Å². The third-order valence-corrected chi connectivity index (χ3v) is 3.95. The molecule has 108 valence electrons. The monoisotopic (exact) mass is 295 g/mol. The van der Waals surface area contributed by atoms with Crippen molar-refractivity contribution in [3.63, 3.8) is 0 Å². The van der Waals surface area contributed by atoms with E-state index in [4.69, 9.17) is 16.7 Å². The number of carbonyl (C=O) groups excluding carboxylic acids is 1. The third-order valence-electron chi connectivity index (χ3n) is 3.70. The van der Waals surface area contributed by atoms with Gasteiger partial charge in [0, 0.05) is 24.5 Å². The Morgan fingerprint density at radius 3 is 2.35 bits per heavy atom. The summed E-state index contributed by atoms with van der Waals surface area (Å²) in [7, 11) is 0. The van der Waals surface area contributed by atoms with Crippen LogP contribution in [0.1, 0.15) is 24.8 Å². The van der Waals surface area contributed by atoms with Crippen molar-refractivity contribution < 1.29 is 14.7 Å². The fraction of sp³-hybridized carbons (Fsp3) is 0.467. The number of hydrogen-bond acceptors (Lipinski definition) is 2. The molecule has 4 nitrogen and oxygen atoms in total. The molecule has 0 atom stereocenters. The second-order valence-corrected chi connectivity index (χ2v) is 5.66. The molecule has 2 rings (SSSR count). The lowest BCUT2D eigenvalue weighted by atomic mass is 9.93. The van der Waals surface area contributed by atoms with E-state index in [9.17, 15) is 9.59 Å². The van der Waals surface area contributed by atoms with Crippen LogP contribution in [-0.2, 0) is 16.0 Å². The Morgan fingerprint density at radius 2 is 1.80 bits per heavy atom. The quantitative estimate of drug-likeness (QED) is 0.929. The molecule has 1 amide bonds. The Morgan fingerprint density at radius 1 is 1.20 bits per heavy atom. The van der Waals surface area contributed by atoms with Gasteiger partial charge in [-0.3, -0.25) is 9.59 Å². The first kappa shape index (κ1) is 14.9. The SMILES string of the molecule is O=C(O)CC1CCN(C(=O)Cc2ccc(Cl)cc2)CC1. The van der Waals surface area contributed by atoms with Gasteiger partial charge in [-0.25, -0.2) is 0 Å². The molecule has 1 N–H and O–H groups in total. The molecule has 1 aliphatic heterocycles. The van der Waals surface area contributed by atoms with Gasteiger partial charge in [0.2, 0.25) is 5.91 Å². The minimum Gasteiger partial charge on any atom is -0.481 e. The molecule has 20 heavy (non-hydrogen) atoms. The lowest BCUT2D eigenvalue weighted by Gasteiger charge is -2.31. The molecule has 0 bridgehead atoms. The zero-order chi connectivity index (χ0) is 14.5. The number of halogens is 1. The molecule has 0 aromatic heterocycles. The van der Waals surface area contributed by atoms with E-state index in [1.807, 2.05) is 17.0 Å². The van der Waals surface area contributed by atoms with E-state index < -0.39 is 5.97 Å². The first-order chi connectivity index (χ1) is 9.54. The van der Waals surface area contributed by atoms with E-state index in [2.05, 4.69) is 0 Å². The van der Waals surface area contributed by atoms with Gasteiger partial charge in [-0.15, -0.1) is 0 Å². The van der Waals surface area contributed by atoms with Gasteiger partial charge in [0.15, 0.2) is 0 Å². The molecule has 0 aliphatic carbocycles. The molecule has 5 heteroatoms. The Kier molecular flexibility index (Phi) is 5.01. The highest BCUT2D eigenvalue weighted by atomic mass is 35.5. The number of piperidine rings is 1. The van der Waals surface area contributed by atoms with Crippen molar-refractivity contribution >= 4 is 23.5 Å². The second kappa shape index (κ2) is 6.75. The Balaban J connectivity index is 1.82. The van der Waals surface area contributed by atoms with Crippen LogP contribution in [-0.4, -0.2) is 35.0 Å². The fourth-order valence-electron chi connectivity index (χ4n) is 2.52. The van der Waals surface area contributed by atoms with Crippen molar-refractivity contribution in [2.75, 3.05) is 13.1 Å². The van der Waals surface area contributed by atoms with Crippen LogP contribution in [0, 0.1) is 5.92 Å². The van der Waals surface area contributed by atoms with Crippen LogP contribution in [0.25, 0.3) is 0 Å². The summed E-state index contributed by atoms with van der Waals surface area (Å²) in [6, 6.07) is 7.28. The molecule has 1 heterocycles. The number of rotatable bonds is 4. The Hall–Kier alpha value is -1.55. The maximum Gasteiger partial charge on any atom is 0.303 e. The van der Waals surface area contributed by atoms with Crippen LogP contribution in [0.3, 0.4) is 0 Å². The van der Waals surface area contributed by atoms with Gasteiger partial charge in [0.1, 0.15) is 0 Å². The summed E-state index contributed by atoms with van der Waals surface area (Å²) in [5, 5.41) is 9.43. The van der Waals surface area contributed by atoms with E-state index in [1.165, 1.54) is 0 Å². The van der Waals surface area contributed by atoms with Gasteiger partial charge < -0.3 is 10.0 Å². The maximum absolute atomic E-state index is 12.2. The Bertz CT molecular complexity index is 478. The van der Waals surface area contributed by atoms with Crippen LogP contribution in [0.15, 0.2) is 24.3 Å². The average Bonchev–Trinajstić information content (AvgIpc) is 2.41. The summed E-state index contributed by atoms with van der Waals surface area (Å²) in [6.07, 6.45) is 2.14.